The van der Waals surface area contributed by atoms with Crippen LogP contribution in [0.25, 0.3) is 10.9 Å². The molecule has 0 saturated heterocycles. The Morgan fingerprint density at radius 1 is 1.30 bits per heavy atom. The van der Waals surface area contributed by atoms with Gasteiger partial charge in [0.05, 0.1) is 28.5 Å². The maximum Gasteiger partial charge on any atom is 0.0934 e. The van der Waals surface area contributed by atoms with Crippen molar-refractivity contribution in [2.24, 2.45) is 0 Å². The van der Waals surface area contributed by atoms with Gasteiger partial charge in [0.15, 0.2) is 0 Å². The number of hydrogen-bond donors (Lipinski definition) is 1. The van der Waals surface area contributed by atoms with Gasteiger partial charge in [-0.1, -0.05) is 17.7 Å². The molecule has 0 aliphatic heterocycles. The molecule has 3 rings (SSSR count). The number of nitrogens with one attached hydrogen (secondary N) is 1. The summed E-state index contributed by atoms with van der Waals surface area (Å²) >= 11 is 7.88. The average Bonchev–Trinajstić information content (AvgIpc) is 2.74. The van der Waals surface area contributed by atoms with Crippen molar-refractivity contribution in [2.75, 3.05) is 5.32 Å². The lowest BCUT2D eigenvalue weighted by Crippen LogP contribution is -2.00. The molecular weight excluding hydrogens is 290 g/mol. The molecule has 0 spiro atoms. The van der Waals surface area contributed by atoms with Crippen molar-refractivity contribution in [3.05, 3.63) is 51.1 Å². The molecule has 5 heteroatoms. The number of nitrogens with zero attached hydrogens (tertiary/aromatic N) is 2. The van der Waals surface area contributed by atoms with Crippen molar-refractivity contribution in [2.45, 2.75) is 20.4 Å². The minimum absolute atomic E-state index is 0.713. The van der Waals surface area contributed by atoms with Crippen LogP contribution in [0, 0.1) is 13.8 Å². The zero-order valence-electron chi connectivity index (χ0n) is 11.3. The molecule has 2 aromatic heterocycles. The Balaban J connectivity index is 1.92. The topological polar surface area (TPSA) is 37.8 Å². The molecule has 0 aliphatic rings. The van der Waals surface area contributed by atoms with Gasteiger partial charge in [-0.15, -0.1) is 11.3 Å². The van der Waals surface area contributed by atoms with Gasteiger partial charge < -0.3 is 5.32 Å². The van der Waals surface area contributed by atoms with Gasteiger partial charge in [0.2, 0.25) is 0 Å². The quantitative estimate of drug-likeness (QED) is 0.770. The van der Waals surface area contributed by atoms with E-state index < -0.39 is 0 Å². The highest BCUT2D eigenvalue weighted by molar-refractivity contribution is 7.11. The summed E-state index contributed by atoms with van der Waals surface area (Å²) in [4.78, 5) is 10.1. The molecular formula is C15H14ClN3S. The maximum atomic E-state index is 6.16. The zero-order valence-corrected chi connectivity index (χ0v) is 12.8. The van der Waals surface area contributed by atoms with Gasteiger partial charge in [-0.05, 0) is 32.0 Å². The highest BCUT2D eigenvalue weighted by atomic mass is 35.5. The minimum Gasteiger partial charge on any atom is -0.378 e. The van der Waals surface area contributed by atoms with E-state index in [9.17, 15) is 0 Å². The normalized spacial score (nSPS) is 10.9. The van der Waals surface area contributed by atoms with E-state index >= 15 is 0 Å². The van der Waals surface area contributed by atoms with Crippen LogP contribution in [0.4, 0.5) is 5.69 Å². The van der Waals surface area contributed by atoms with Crippen LogP contribution in [0.1, 0.15) is 15.6 Å². The van der Waals surface area contributed by atoms with Gasteiger partial charge in [0.1, 0.15) is 0 Å². The second-order valence-corrected chi connectivity index (χ2v) is 6.35. The Kier molecular flexibility index (Phi) is 3.59. The molecule has 2 heterocycles. The Morgan fingerprint density at radius 3 is 2.90 bits per heavy atom. The molecule has 3 nitrogen and oxygen atoms in total. The lowest BCUT2D eigenvalue weighted by atomic mass is 10.2. The molecule has 1 aromatic carbocycles. The second-order valence-electron chi connectivity index (χ2n) is 4.62. The summed E-state index contributed by atoms with van der Waals surface area (Å²) in [6.07, 6.45) is 1.80. The summed E-state index contributed by atoms with van der Waals surface area (Å²) in [6.45, 7) is 4.80. The SMILES string of the molecule is Cc1nc(C)c(CNc2cc(Cl)cc3cccnc23)s1. The molecule has 0 unspecified atom stereocenters. The van der Waals surface area contributed by atoms with Gasteiger partial charge >= 0.3 is 0 Å². The van der Waals surface area contributed by atoms with Crippen molar-refractivity contribution < 1.29 is 0 Å². The van der Waals surface area contributed by atoms with E-state index in [1.165, 1.54) is 4.88 Å². The molecule has 0 atom stereocenters. The van der Waals surface area contributed by atoms with E-state index in [2.05, 4.69) is 15.3 Å². The van der Waals surface area contributed by atoms with Crippen LogP contribution in [-0.4, -0.2) is 9.97 Å². The fourth-order valence-electron chi connectivity index (χ4n) is 2.20. The summed E-state index contributed by atoms with van der Waals surface area (Å²) in [5.74, 6) is 0. The smallest absolute Gasteiger partial charge is 0.0934 e. The Hall–Kier alpha value is -1.65. The Bertz CT molecular complexity index is 767. The number of fused-ring (bicyclic) bond motifs is 1. The van der Waals surface area contributed by atoms with Crippen LogP contribution >= 0.6 is 22.9 Å². The number of anilines is 1. The van der Waals surface area contributed by atoms with Gasteiger partial charge in [0.25, 0.3) is 0 Å². The molecule has 0 saturated carbocycles. The highest BCUT2D eigenvalue weighted by Gasteiger charge is 2.07. The van der Waals surface area contributed by atoms with Crippen LogP contribution in [0.2, 0.25) is 5.02 Å². The van der Waals surface area contributed by atoms with E-state index in [1.807, 2.05) is 38.1 Å². The third-order valence-electron chi connectivity index (χ3n) is 3.11. The van der Waals surface area contributed by atoms with E-state index in [-0.39, 0.29) is 0 Å². The van der Waals surface area contributed by atoms with Crippen LogP contribution in [0.15, 0.2) is 30.5 Å². The number of thiazole rings is 1. The first-order valence-electron chi connectivity index (χ1n) is 6.34. The first-order chi connectivity index (χ1) is 9.63. The van der Waals surface area contributed by atoms with E-state index in [4.69, 9.17) is 11.6 Å². The standard InChI is InChI=1S/C15H14ClN3S/c1-9-14(20-10(2)19-9)8-18-13-7-12(16)6-11-4-3-5-17-15(11)13/h3-7,18H,8H2,1-2H3. The van der Waals surface area contributed by atoms with Crippen molar-refractivity contribution in [3.8, 4) is 0 Å². The minimum atomic E-state index is 0.713. The fourth-order valence-corrected chi connectivity index (χ4v) is 3.31. The molecule has 0 aliphatic carbocycles. The Labute approximate surface area is 126 Å². The highest BCUT2D eigenvalue weighted by Crippen LogP contribution is 2.27. The molecule has 0 bridgehead atoms. The number of halogens is 1. The van der Waals surface area contributed by atoms with Crippen molar-refractivity contribution in [3.63, 3.8) is 0 Å². The summed E-state index contributed by atoms with van der Waals surface area (Å²) < 4.78 is 0. The number of aromatic nitrogens is 2. The molecule has 102 valence electrons. The average molecular weight is 304 g/mol. The molecule has 3 aromatic rings. The van der Waals surface area contributed by atoms with Crippen molar-refractivity contribution in [1.82, 2.24) is 9.97 Å². The number of hydrogen-bond acceptors (Lipinski definition) is 4. The number of pyridine rings is 1. The van der Waals surface area contributed by atoms with Gasteiger partial charge in [-0.25, -0.2) is 4.98 Å². The fraction of sp³-hybridized carbons (Fsp3) is 0.200. The molecule has 20 heavy (non-hydrogen) atoms. The summed E-state index contributed by atoms with van der Waals surface area (Å²) in [5.41, 5.74) is 2.98. The van der Waals surface area contributed by atoms with Crippen molar-refractivity contribution in [1.29, 1.82) is 0 Å². The number of benzene rings is 1. The molecule has 0 amide bonds. The first kappa shape index (κ1) is 13.3. The lowest BCUT2D eigenvalue weighted by Gasteiger charge is -2.09. The summed E-state index contributed by atoms with van der Waals surface area (Å²) in [6, 6.07) is 7.78. The summed E-state index contributed by atoms with van der Waals surface area (Å²) in [5, 5.41) is 6.27. The lowest BCUT2D eigenvalue weighted by molar-refractivity contribution is 1.11. The number of rotatable bonds is 3. The van der Waals surface area contributed by atoms with Crippen LogP contribution in [0.3, 0.4) is 0 Å². The zero-order chi connectivity index (χ0) is 14.1. The number of aryl methyl sites for hydroxylation is 2. The second kappa shape index (κ2) is 5.38. The molecule has 0 radical (unpaired) electrons. The maximum absolute atomic E-state index is 6.16. The third kappa shape index (κ3) is 2.62. The monoisotopic (exact) mass is 303 g/mol. The largest absolute Gasteiger partial charge is 0.378 e. The van der Waals surface area contributed by atoms with Crippen LogP contribution in [-0.2, 0) is 6.54 Å². The first-order valence-corrected chi connectivity index (χ1v) is 7.54. The molecule has 0 fully saturated rings. The van der Waals surface area contributed by atoms with E-state index in [0.717, 1.165) is 33.8 Å². The van der Waals surface area contributed by atoms with Crippen molar-refractivity contribution >= 4 is 39.5 Å². The van der Waals surface area contributed by atoms with Gasteiger partial charge in [0, 0.05) is 21.5 Å². The molecule has 1 N–H and O–H groups in total. The van der Waals surface area contributed by atoms with E-state index in [0.29, 0.717) is 5.02 Å². The summed E-state index contributed by atoms with van der Waals surface area (Å²) in [7, 11) is 0. The van der Waals surface area contributed by atoms with E-state index in [1.54, 1.807) is 17.5 Å². The third-order valence-corrected chi connectivity index (χ3v) is 4.40. The van der Waals surface area contributed by atoms with Gasteiger partial charge in [-0.3, -0.25) is 4.98 Å². The van der Waals surface area contributed by atoms with Gasteiger partial charge in [-0.2, -0.15) is 0 Å². The van der Waals surface area contributed by atoms with Crippen LogP contribution in [0.5, 0.6) is 0 Å². The Morgan fingerprint density at radius 2 is 2.15 bits per heavy atom. The predicted octanol–water partition coefficient (Wildman–Crippen LogP) is 4.57. The van der Waals surface area contributed by atoms with Crippen LogP contribution < -0.4 is 5.32 Å². The predicted molar refractivity (Wildman–Crippen MR) is 85.7 cm³/mol.